The lowest BCUT2D eigenvalue weighted by molar-refractivity contribution is -0.125. The minimum Gasteiger partial charge on any atom is -0.355 e. The highest BCUT2D eigenvalue weighted by atomic mass is 35.5. The van der Waals surface area contributed by atoms with Crippen LogP contribution in [0.25, 0.3) is 0 Å². The molecule has 1 amide bonds. The second-order valence-corrected chi connectivity index (χ2v) is 9.07. The van der Waals surface area contributed by atoms with Gasteiger partial charge in [0, 0.05) is 39.3 Å². The van der Waals surface area contributed by atoms with Crippen molar-refractivity contribution in [2.24, 2.45) is 0 Å². The summed E-state index contributed by atoms with van der Waals surface area (Å²) in [6, 6.07) is 7.78. The van der Waals surface area contributed by atoms with Gasteiger partial charge in [0.15, 0.2) is 0 Å². The first-order chi connectivity index (χ1) is 13.1. The first-order valence-corrected chi connectivity index (χ1v) is 11.3. The molecule has 2 fully saturated rings. The molecule has 28 heavy (non-hydrogen) atoms. The van der Waals surface area contributed by atoms with Gasteiger partial charge in [0.2, 0.25) is 15.9 Å². The molecule has 158 valence electrons. The molecule has 0 aliphatic carbocycles. The lowest BCUT2D eigenvalue weighted by atomic mass is 10.0. The zero-order valence-corrected chi connectivity index (χ0v) is 17.8. The van der Waals surface area contributed by atoms with Gasteiger partial charge in [-0.1, -0.05) is 24.6 Å². The third-order valence-corrected chi connectivity index (χ3v) is 7.19. The normalized spacial score (nSPS) is 21.6. The van der Waals surface area contributed by atoms with Crippen molar-refractivity contribution in [2.45, 2.75) is 36.6 Å². The average molecular weight is 431 g/mol. The van der Waals surface area contributed by atoms with Crippen LogP contribution in [0.2, 0.25) is 0 Å². The predicted octanol–water partition coefficient (Wildman–Crippen LogP) is 1.06. The lowest BCUT2D eigenvalue weighted by Crippen LogP contribution is -2.52. The number of piperazine rings is 1. The van der Waals surface area contributed by atoms with Gasteiger partial charge in [0.25, 0.3) is 0 Å². The molecule has 2 saturated heterocycles. The first kappa shape index (κ1) is 23.1. The zero-order valence-electron chi connectivity index (χ0n) is 16.2. The molecular weight excluding hydrogens is 400 g/mol. The second-order valence-electron chi connectivity index (χ2n) is 7.18. The fourth-order valence-corrected chi connectivity index (χ4v) is 5.43. The molecule has 1 aromatic rings. The molecular formula is C19H31ClN4O3S. The Labute approximate surface area is 174 Å². The second kappa shape index (κ2) is 11.1. The van der Waals surface area contributed by atoms with Gasteiger partial charge in [-0.05, 0) is 37.9 Å². The third kappa shape index (κ3) is 5.90. The minimum atomic E-state index is -3.65. The number of benzene rings is 1. The molecule has 0 bridgehead atoms. The summed E-state index contributed by atoms with van der Waals surface area (Å²) in [7, 11) is -3.65. The summed E-state index contributed by atoms with van der Waals surface area (Å²) in [5.74, 6) is -0.172. The Morgan fingerprint density at radius 1 is 1.11 bits per heavy atom. The van der Waals surface area contributed by atoms with E-state index in [1.807, 2.05) is 0 Å². The van der Waals surface area contributed by atoms with Gasteiger partial charge in [-0.25, -0.2) is 8.42 Å². The molecule has 1 atom stereocenters. The van der Waals surface area contributed by atoms with Gasteiger partial charge in [-0.3, -0.25) is 4.79 Å². The number of halogens is 1. The van der Waals surface area contributed by atoms with Crippen LogP contribution in [0, 0.1) is 0 Å². The predicted molar refractivity (Wildman–Crippen MR) is 112 cm³/mol. The number of sulfonamides is 1. The molecule has 2 aliphatic heterocycles. The number of nitrogens with zero attached hydrogens (tertiary/aromatic N) is 2. The molecule has 2 N–H and O–H groups in total. The van der Waals surface area contributed by atoms with Gasteiger partial charge >= 0.3 is 0 Å². The van der Waals surface area contributed by atoms with Gasteiger partial charge in [0.05, 0.1) is 4.90 Å². The highest BCUT2D eigenvalue weighted by molar-refractivity contribution is 7.89. The number of piperidine rings is 1. The summed E-state index contributed by atoms with van der Waals surface area (Å²) in [4.78, 5) is 15.3. The molecule has 9 heteroatoms. The lowest BCUT2D eigenvalue weighted by Gasteiger charge is -2.33. The Bertz CT molecular complexity index is 711. The Kier molecular flexibility index (Phi) is 9.17. The van der Waals surface area contributed by atoms with E-state index in [2.05, 4.69) is 15.5 Å². The van der Waals surface area contributed by atoms with Crippen LogP contribution in [0.1, 0.15) is 25.7 Å². The quantitative estimate of drug-likeness (QED) is 0.632. The topological polar surface area (TPSA) is 81.8 Å². The van der Waals surface area contributed by atoms with Crippen molar-refractivity contribution in [3.63, 3.8) is 0 Å². The first-order valence-electron chi connectivity index (χ1n) is 9.87. The summed E-state index contributed by atoms with van der Waals surface area (Å²) in [5.41, 5.74) is 0. The smallest absolute Gasteiger partial charge is 0.243 e. The Hall–Kier alpha value is -1.19. The fourth-order valence-electron chi connectivity index (χ4n) is 3.75. The monoisotopic (exact) mass is 430 g/mol. The molecule has 0 saturated carbocycles. The molecule has 1 aromatic carbocycles. The maximum atomic E-state index is 13.0. The van der Waals surface area contributed by atoms with Gasteiger partial charge in [-0.15, -0.1) is 12.4 Å². The van der Waals surface area contributed by atoms with Crippen molar-refractivity contribution in [1.29, 1.82) is 0 Å². The third-order valence-electron chi connectivity index (χ3n) is 5.27. The van der Waals surface area contributed by atoms with E-state index in [9.17, 15) is 13.2 Å². The van der Waals surface area contributed by atoms with Gasteiger partial charge < -0.3 is 15.5 Å². The Morgan fingerprint density at radius 2 is 1.82 bits per heavy atom. The van der Waals surface area contributed by atoms with Crippen molar-refractivity contribution < 1.29 is 13.2 Å². The number of hydrogen-bond acceptors (Lipinski definition) is 5. The van der Waals surface area contributed by atoms with Crippen LogP contribution >= 0.6 is 12.4 Å². The summed E-state index contributed by atoms with van der Waals surface area (Å²) in [6.07, 6.45) is 3.12. The van der Waals surface area contributed by atoms with Gasteiger partial charge in [0.1, 0.15) is 6.04 Å². The number of nitrogens with one attached hydrogen (secondary N) is 2. The molecule has 0 radical (unpaired) electrons. The van der Waals surface area contributed by atoms with Crippen molar-refractivity contribution in [1.82, 2.24) is 19.8 Å². The maximum Gasteiger partial charge on any atom is 0.243 e. The van der Waals surface area contributed by atoms with E-state index in [1.54, 1.807) is 30.3 Å². The van der Waals surface area contributed by atoms with Crippen molar-refractivity contribution >= 4 is 28.3 Å². The van der Waals surface area contributed by atoms with Crippen molar-refractivity contribution in [3.8, 4) is 0 Å². The molecule has 2 aliphatic rings. The number of carbonyl (C=O) groups is 1. The largest absolute Gasteiger partial charge is 0.355 e. The maximum absolute atomic E-state index is 13.0. The van der Waals surface area contributed by atoms with Crippen LogP contribution < -0.4 is 10.6 Å². The van der Waals surface area contributed by atoms with Crippen LogP contribution in [0.5, 0.6) is 0 Å². The van der Waals surface area contributed by atoms with E-state index < -0.39 is 16.1 Å². The van der Waals surface area contributed by atoms with E-state index in [0.717, 1.165) is 52.0 Å². The van der Waals surface area contributed by atoms with E-state index >= 15 is 0 Å². The molecule has 2 heterocycles. The molecule has 0 spiro atoms. The number of carbonyl (C=O) groups excluding carboxylic acids is 1. The number of rotatable bonds is 7. The van der Waals surface area contributed by atoms with Crippen molar-refractivity contribution in [3.05, 3.63) is 30.3 Å². The standard InChI is InChI=1S/C19H30N4O3S.ClH/c24-19(21-10-6-13-22-15-11-20-12-16-22)18-9-4-5-14-23(18)27(25,26)17-7-2-1-3-8-17;/h1-3,7-8,18,20H,4-6,9-16H2,(H,21,24);1H. The zero-order chi connectivity index (χ0) is 19.1. The average Bonchev–Trinajstić information content (AvgIpc) is 2.72. The summed E-state index contributed by atoms with van der Waals surface area (Å²) in [5, 5.41) is 6.28. The number of amides is 1. The van der Waals surface area contributed by atoms with Crippen LogP contribution in [-0.4, -0.2) is 75.4 Å². The van der Waals surface area contributed by atoms with E-state index in [4.69, 9.17) is 0 Å². The summed E-state index contributed by atoms with van der Waals surface area (Å²) >= 11 is 0. The van der Waals surface area contributed by atoms with Gasteiger partial charge in [-0.2, -0.15) is 4.31 Å². The Morgan fingerprint density at radius 3 is 2.54 bits per heavy atom. The Balaban J connectivity index is 0.00000280. The van der Waals surface area contributed by atoms with Crippen molar-refractivity contribution in [2.75, 3.05) is 45.8 Å². The highest BCUT2D eigenvalue weighted by Gasteiger charge is 2.37. The molecule has 3 rings (SSSR count). The molecule has 7 nitrogen and oxygen atoms in total. The summed E-state index contributed by atoms with van der Waals surface area (Å²) < 4.78 is 27.3. The SMILES string of the molecule is Cl.O=C(NCCCN1CCNCC1)C1CCCCN1S(=O)(=O)c1ccccc1. The van der Waals surface area contributed by atoms with E-state index in [0.29, 0.717) is 19.5 Å². The summed E-state index contributed by atoms with van der Waals surface area (Å²) in [6.45, 7) is 6.05. The van der Waals surface area contributed by atoms with E-state index in [1.165, 1.54) is 4.31 Å². The highest BCUT2D eigenvalue weighted by Crippen LogP contribution is 2.25. The van der Waals surface area contributed by atoms with Crippen LogP contribution in [0.15, 0.2) is 35.2 Å². The van der Waals surface area contributed by atoms with Crippen LogP contribution in [0.3, 0.4) is 0 Å². The van der Waals surface area contributed by atoms with Crippen LogP contribution in [0.4, 0.5) is 0 Å². The van der Waals surface area contributed by atoms with E-state index in [-0.39, 0.29) is 23.2 Å². The molecule has 0 aromatic heterocycles. The minimum absolute atomic E-state index is 0. The number of hydrogen-bond donors (Lipinski definition) is 2. The molecule has 1 unspecified atom stereocenters. The van der Waals surface area contributed by atoms with Crippen LogP contribution in [-0.2, 0) is 14.8 Å². The fraction of sp³-hybridized carbons (Fsp3) is 0.632.